The maximum absolute atomic E-state index is 9.44. The lowest BCUT2D eigenvalue weighted by Crippen LogP contribution is -1.74. The van der Waals surface area contributed by atoms with Crippen LogP contribution in [0.4, 0.5) is 0 Å². The molecule has 0 unspecified atom stereocenters. The smallest absolute Gasteiger partial charge is 0.126 e. The van der Waals surface area contributed by atoms with Crippen LogP contribution in [0.25, 0.3) is 0 Å². The molecule has 2 nitrogen and oxygen atoms in total. The van der Waals surface area contributed by atoms with Crippen LogP contribution in [0.5, 0.6) is 0 Å². The van der Waals surface area contributed by atoms with Crippen LogP contribution in [0, 0.1) is 27.7 Å². The average Bonchev–Trinajstić information content (AvgIpc) is 2.48. The second-order valence-electron chi connectivity index (χ2n) is 5.08. The van der Waals surface area contributed by atoms with E-state index in [4.69, 9.17) is 0 Å². The third-order valence-electron chi connectivity index (χ3n) is 2.85. The summed E-state index contributed by atoms with van der Waals surface area (Å²) in [7, 11) is 0. The number of aryl methyl sites for hydroxylation is 4. The first-order valence-corrected chi connectivity index (χ1v) is 7.86. The molecular weight excluding hydrogens is 284 g/mol. The monoisotopic (exact) mass is 318 g/mol. The molecule has 2 heteroatoms. The first kappa shape index (κ1) is 26.0. The van der Waals surface area contributed by atoms with Crippen molar-refractivity contribution in [3.63, 3.8) is 0 Å². The van der Waals surface area contributed by atoms with E-state index < -0.39 is 0 Å². The lowest BCUT2D eigenvalue weighted by molar-refractivity contribution is -0.114. The van der Waals surface area contributed by atoms with Crippen molar-refractivity contribution in [3.05, 3.63) is 70.8 Å². The Morgan fingerprint density at radius 1 is 0.609 bits per heavy atom. The van der Waals surface area contributed by atoms with Gasteiger partial charge in [0.25, 0.3) is 0 Å². The van der Waals surface area contributed by atoms with Gasteiger partial charge in [-0.2, -0.15) is 0 Å². The third-order valence-corrected chi connectivity index (χ3v) is 2.85. The van der Waals surface area contributed by atoms with E-state index in [-0.39, 0.29) is 11.3 Å². The molecule has 23 heavy (non-hydrogen) atoms. The van der Waals surface area contributed by atoms with E-state index in [0.29, 0.717) is 0 Å². The zero-order valence-electron chi connectivity index (χ0n) is 16.0. The van der Waals surface area contributed by atoms with E-state index in [0.717, 1.165) is 0 Å². The average molecular weight is 319 g/mol. The normalized spacial score (nSPS) is 7.83. The molecule has 0 aliphatic rings. The predicted octanol–water partition coefficient (Wildman–Crippen LogP) is 5.40. The van der Waals surface area contributed by atoms with Gasteiger partial charge in [-0.05, 0) is 63.8 Å². The minimum atomic E-state index is 0. The quantitative estimate of drug-likeness (QED) is 0.641. The fourth-order valence-electron chi connectivity index (χ4n) is 1.33. The molecule has 2 aromatic carbocycles. The summed E-state index contributed by atoms with van der Waals surface area (Å²) in [6.07, 6.45) is 0. The molecule has 0 spiro atoms. The molecule has 0 heterocycles. The summed E-state index contributed by atoms with van der Waals surface area (Å²) in [5, 5.41) is 0. The Balaban J connectivity index is -0.000000254. The van der Waals surface area contributed by atoms with E-state index >= 15 is 0 Å². The first-order chi connectivity index (χ1) is 10.3. The van der Waals surface area contributed by atoms with Crippen LogP contribution in [0.2, 0.25) is 0 Å². The molecule has 2 N–H and O–H groups in total. The van der Waals surface area contributed by atoms with Gasteiger partial charge in [-0.3, -0.25) is 0 Å². The Hall–Kier alpha value is -1.93. The van der Waals surface area contributed by atoms with Gasteiger partial charge in [-0.15, -0.1) is 0 Å². The van der Waals surface area contributed by atoms with Gasteiger partial charge in [-0.1, -0.05) is 62.4 Å². The standard InChI is InChI=1S/2C8H10.C3H6O.C2H6.H2O/c2*1-7-5-3-4-6-8(7)2;1-3(2)4;1-2;/h2*3-6H,1-2H3;1-2H3;1-2H3;1H2. The van der Waals surface area contributed by atoms with Crippen molar-refractivity contribution in [2.24, 2.45) is 0 Å². The van der Waals surface area contributed by atoms with Crippen LogP contribution in [0.15, 0.2) is 48.5 Å². The van der Waals surface area contributed by atoms with Gasteiger partial charge in [0.05, 0.1) is 0 Å². The summed E-state index contributed by atoms with van der Waals surface area (Å²) in [6, 6.07) is 16.7. The Morgan fingerprint density at radius 3 is 0.826 bits per heavy atom. The molecule has 0 aliphatic carbocycles. The highest BCUT2D eigenvalue weighted by Gasteiger charge is 1.84. The van der Waals surface area contributed by atoms with E-state index in [1.165, 1.54) is 36.1 Å². The summed E-state index contributed by atoms with van der Waals surface area (Å²) in [4.78, 5) is 9.44. The van der Waals surface area contributed by atoms with Crippen LogP contribution in [0.1, 0.15) is 49.9 Å². The molecule has 130 valence electrons. The topological polar surface area (TPSA) is 48.6 Å². The number of hydrogen-bond acceptors (Lipinski definition) is 1. The summed E-state index contributed by atoms with van der Waals surface area (Å²) in [6.45, 7) is 15.5. The fourth-order valence-corrected chi connectivity index (χ4v) is 1.33. The van der Waals surface area contributed by atoms with Gasteiger partial charge >= 0.3 is 0 Å². The summed E-state index contributed by atoms with van der Waals surface area (Å²) in [5.74, 6) is 0.167. The summed E-state index contributed by atoms with van der Waals surface area (Å²) >= 11 is 0. The number of rotatable bonds is 0. The SMILES string of the molecule is CC.CC(C)=O.Cc1ccccc1C.Cc1ccccc1C.O. The van der Waals surface area contributed by atoms with E-state index in [1.54, 1.807) is 0 Å². The number of carbonyl (C=O) groups is 1. The Morgan fingerprint density at radius 2 is 0.739 bits per heavy atom. The summed E-state index contributed by atoms with van der Waals surface area (Å²) < 4.78 is 0. The van der Waals surface area contributed by atoms with Crippen molar-refractivity contribution >= 4 is 5.78 Å². The summed E-state index contributed by atoms with van der Waals surface area (Å²) in [5.41, 5.74) is 5.47. The molecule has 0 atom stereocenters. The highest BCUT2D eigenvalue weighted by atomic mass is 16.1. The van der Waals surface area contributed by atoms with Crippen molar-refractivity contribution < 1.29 is 10.3 Å². The second-order valence-corrected chi connectivity index (χ2v) is 5.08. The minimum absolute atomic E-state index is 0. The number of ketones is 1. The maximum Gasteiger partial charge on any atom is 0.126 e. The molecule has 0 saturated carbocycles. The van der Waals surface area contributed by atoms with Gasteiger partial charge in [0.15, 0.2) is 0 Å². The minimum Gasteiger partial charge on any atom is -0.412 e. The van der Waals surface area contributed by atoms with Crippen LogP contribution < -0.4 is 0 Å². The molecule has 0 fully saturated rings. The number of Topliss-reactive ketones (excluding diaryl/α,β-unsaturated/α-hetero) is 1. The molecule has 2 aromatic rings. The molecule has 0 amide bonds. The van der Waals surface area contributed by atoms with E-state index in [9.17, 15) is 4.79 Å². The highest BCUT2D eigenvalue weighted by Crippen LogP contribution is 2.03. The molecule has 0 aliphatic heterocycles. The second kappa shape index (κ2) is 16.4. The van der Waals surface area contributed by atoms with E-state index in [1.807, 2.05) is 13.8 Å². The van der Waals surface area contributed by atoms with Gasteiger partial charge in [0.2, 0.25) is 0 Å². The molecule has 2 rings (SSSR count). The lowest BCUT2D eigenvalue weighted by atomic mass is 10.1. The molecule has 0 aromatic heterocycles. The lowest BCUT2D eigenvalue weighted by Gasteiger charge is -1.93. The molecule has 0 radical (unpaired) electrons. The maximum atomic E-state index is 9.44. The zero-order chi connectivity index (χ0) is 17.5. The predicted molar refractivity (Wildman–Crippen MR) is 103 cm³/mol. The Labute approximate surface area is 142 Å². The molecule has 0 saturated heterocycles. The van der Waals surface area contributed by atoms with Gasteiger partial charge in [0, 0.05) is 0 Å². The Kier molecular flexibility index (Phi) is 18.6. The zero-order valence-corrected chi connectivity index (χ0v) is 16.0. The van der Waals surface area contributed by atoms with Gasteiger partial charge < -0.3 is 10.3 Å². The number of hydrogen-bond donors (Lipinski definition) is 0. The molecular formula is C21H34O2. The number of benzene rings is 2. The third kappa shape index (κ3) is 16.3. The fraction of sp³-hybridized carbons (Fsp3) is 0.381. The van der Waals surface area contributed by atoms with Crippen molar-refractivity contribution in [1.29, 1.82) is 0 Å². The van der Waals surface area contributed by atoms with Crippen LogP contribution in [-0.2, 0) is 4.79 Å². The largest absolute Gasteiger partial charge is 0.412 e. The van der Waals surface area contributed by atoms with Crippen molar-refractivity contribution in [2.75, 3.05) is 0 Å². The van der Waals surface area contributed by atoms with Crippen molar-refractivity contribution in [2.45, 2.75) is 55.4 Å². The van der Waals surface area contributed by atoms with Crippen LogP contribution in [-0.4, -0.2) is 11.3 Å². The highest BCUT2D eigenvalue weighted by molar-refractivity contribution is 5.72. The Bertz CT molecular complexity index is 441. The first-order valence-electron chi connectivity index (χ1n) is 7.86. The van der Waals surface area contributed by atoms with Gasteiger partial charge in [-0.25, -0.2) is 0 Å². The van der Waals surface area contributed by atoms with Crippen molar-refractivity contribution in [1.82, 2.24) is 0 Å². The van der Waals surface area contributed by atoms with Crippen LogP contribution >= 0.6 is 0 Å². The molecule has 0 bridgehead atoms. The number of carbonyl (C=O) groups excluding carboxylic acids is 1. The van der Waals surface area contributed by atoms with Crippen LogP contribution in [0.3, 0.4) is 0 Å². The van der Waals surface area contributed by atoms with Gasteiger partial charge in [0.1, 0.15) is 5.78 Å². The van der Waals surface area contributed by atoms with Crippen molar-refractivity contribution in [3.8, 4) is 0 Å². The van der Waals surface area contributed by atoms with E-state index in [2.05, 4.69) is 76.2 Å².